The second-order valence-electron chi connectivity index (χ2n) is 6.51. The first-order valence-corrected chi connectivity index (χ1v) is 8.56. The molecule has 0 radical (unpaired) electrons. The molecule has 1 aliphatic rings. The lowest BCUT2D eigenvalue weighted by molar-refractivity contribution is 0.199. The van der Waals surface area contributed by atoms with Gasteiger partial charge in [0, 0.05) is 38.5 Å². The Bertz CT molecular complexity index is 658. The molecular weight excluding hydrogens is 306 g/mol. The van der Waals surface area contributed by atoms with Gasteiger partial charge < -0.3 is 14.2 Å². The lowest BCUT2D eigenvalue weighted by Crippen LogP contribution is -2.35. The molecule has 3 heterocycles. The molecule has 0 unspecified atom stereocenters. The van der Waals surface area contributed by atoms with Gasteiger partial charge in [-0.05, 0) is 24.8 Å². The largest absolute Gasteiger partial charge is 0.384 e. The number of aromatic nitrogens is 4. The van der Waals surface area contributed by atoms with Crippen LogP contribution >= 0.6 is 0 Å². The Kier molecular flexibility index (Phi) is 5.40. The van der Waals surface area contributed by atoms with Gasteiger partial charge in [-0.1, -0.05) is 19.0 Å². The molecule has 3 rings (SSSR count). The minimum absolute atomic E-state index is 0.230. The molecule has 0 amide bonds. The number of hydrogen-bond donors (Lipinski definition) is 0. The van der Waals surface area contributed by atoms with E-state index in [1.807, 2.05) is 12.3 Å². The molecule has 2 aromatic heterocycles. The molecule has 0 aliphatic carbocycles. The first kappa shape index (κ1) is 16.8. The minimum atomic E-state index is 0.230. The molecule has 130 valence electrons. The molecule has 0 saturated carbocycles. The lowest BCUT2D eigenvalue weighted by atomic mass is 9.98. The molecule has 0 bridgehead atoms. The number of ether oxygens (including phenoxy) is 1. The summed E-state index contributed by atoms with van der Waals surface area (Å²) >= 11 is 0. The first-order valence-electron chi connectivity index (χ1n) is 8.56. The van der Waals surface area contributed by atoms with Crippen molar-refractivity contribution in [1.29, 1.82) is 0 Å². The van der Waals surface area contributed by atoms with Gasteiger partial charge in [-0.2, -0.15) is 4.98 Å². The summed E-state index contributed by atoms with van der Waals surface area (Å²) in [5, 5.41) is 4.05. The molecule has 1 aliphatic heterocycles. The predicted molar refractivity (Wildman–Crippen MR) is 90.2 cm³/mol. The molecule has 2 aromatic rings. The number of rotatable bonds is 6. The smallest absolute Gasteiger partial charge is 0.231 e. The zero-order valence-corrected chi connectivity index (χ0v) is 14.6. The summed E-state index contributed by atoms with van der Waals surface area (Å²) in [6.07, 6.45) is 4.63. The standard InChI is InChI=1S/C17H25N5O2/c1-12(2)14-6-8-18-17(19-14)22-9-4-5-13(11-22)16-20-15(21-24-16)7-10-23-3/h6,8,12-13H,4-5,7,9-11H2,1-3H3/t13-/m0/s1. The molecule has 7 heteroatoms. The van der Waals surface area contributed by atoms with E-state index in [0.717, 1.165) is 37.6 Å². The van der Waals surface area contributed by atoms with Crippen LogP contribution in [0.1, 0.15) is 55.9 Å². The molecule has 1 fully saturated rings. The SMILES string of the molecule is COCCc1noc([C@H]2CCCN(c3nccc(C(C)C)n3)C2)n1. The quantitative estimate of drug-likeness (QED) is 0.805. The second kappa shape index (κ2) is 7.70. The Morgan fingerprint density at radius 2 is 2.25 bits per heavy atom. The molecule has 1 saturated heterocycles. The summed E-state index contributed by atoms with van der Waals surface area (Å²) in [6, 6.07) is 1.98. The van der Waals surface area contributed by atoms with Crippen molar-refractivity contribution < 1.29 is 9.26 Å². The van der Waals surface area contributed by atoms with Gasteiger partial charge in [0.25, 0.3) is 0 Å². The average Bonchev–Trinajstić information content (AvgIpc) is 3.09. The summed E-state index contributed by atoms with van der Waals surface area (Å²) in [4.78, 5) is 15.9. The number of methoxy groups -OCH3 is 1. The summed E-state index contributed by atoms with van der Waals surface area (Å²) in [5.74, 6) is 2.85. The normalized spacial score (nSPS) is 18.3. The van der Waals surface area contributed by atoms with Crippen LogP contribution in [0, 0.1) is 0 Å². The first-order chi connectivity index (χ1) is 11.7. The van der Waals surface area contributed by atoms with Crippen LogP contribution in [-0.2, 0) is 11.2 Å². The van der Waals surface area contributed by atoms with Crippen molar-refractivity contribution in [2.75, 3.05) is 31.7 Å². The number of piperidine rings is 1. The van der Waals surface area contributed by atoms with Crippen molar-refractivity contribution in [3.63, 3.8) is 0 Å². The maximum absolute atomic E-state index is 5.46. The fraction of sp³-hybridized carbons (Fsp3) is 0.647. The average molecular weight is 331 g/mol. The lowest BCUT2D eigenvalue weighted by Gasteiger charge is -2.31. The van der Waals surface area contributed by atoms with Crippen molar-refractivity contribution in [1.82, 2.24) is 20.1 Å². The van der Waals surface area contributed by atoms with Gasteiger partial charge in [0.15, 0.2) is 5.82 Å². The van der Waals surface area contributed by atoms with Crippen LogP contribution in [0.25, 0.3) is 0 Å². The highest BCUT2D eigenvalue weighted by molar-refractivity contribution is 5.32. The van der Waals surface area contributed by atoms with Gasteiger partial charge in [-0.15, -0.1) is 0 Å². The van der Waals surface area contributed by atoms with Gasteiger partial charge in [0.05, 0.1) is 12.5 Å². The molecule has 1 atom stereocenters. The summed E-state index contributed by atoms with van der Waals surface area (Å²) in [6.45, 7) is 6.66. The van der Waals surface area contributed by atoms with E-state index in [4.69, 9.17) is 14.2 Å². The Labute approximate surface area is 142 Å². The van der Waals surface area contributed by atoms with Crippen molar-refractivity contribution in [3.8, 4) is 0 Å². The third-order valence-corrected chi connectivity index (χ3v) is 4.32. The van der Waals surface area contributed by atoms with Gasteiger partial charge in [-0.3, -0.25) is 0 Å². The van der Waals surface area contributed by atoms with Crippen LogP contribution in [0.5, 0.6) is 0 Å². The van der Waals surface area contributed by atoms with Crippen LogP contribution in [-0.4, -0.2) is 46.9 Å². The van der Waals surface area contributed by atoms with Crippen LogP contribution in [0.4, 0.5) is 5.95 Å². The summed E-state index contributed by atoms with van der Waals surface area (Å²) in [5.41, 5.74) is 1.07. The third kappa shape index (κ3) is 3.90. The minimum Gasteiger partial charge on any atom is -0.384 e. The number of hydrogen-bond acceptors (Lipinski definition) is 7. The fourth-order valence-corrected chi connectivity index (χ4v) is 2.92. The van der Waals surface area contributed by atoms with Crippen LogP contribution in [0.15, 0.2) is 16.8 Å². The van der Waals surface area contributed by atoms with E-state index in [-0.39, 0.29) is 5.92 Å². The highest BCUT2D eigenvalue weighted by atomic mass is 16.5. The van der Waals surface area contributed by atoms with Crippen molar-refractivity contribution in [3.05, 3.63) is 29.7 Å². The number of anilines is 1. The maximum atomic E-state index is 5.46. The monoisotopic (exact) mass is 331 g/mol. The Morgan fingerprint density at radius 3 is 3.04 bits per heavy atom. The summed E-state index contributed by atoms with van der Waals surface area (Å²) < 4.78 is 10.5. The molecule has 0 spiro atoms. The second-order valence-corrected chi connectivity index (χ2v) is 6.51. The topological polar surface area (TPSA) is 77.2 Å². The van der Waals surface area contributed by atoms with Crippen molar-refractivity contribution >= 4 is 5.95 Å². The van der Waals surface area contributed by atoms with Crippen LogP contribution in [0.3, 0.4) is 0 Å². The Morgan fingerprint density at radius 1 is 1.38 bits per heavy atom. The highest BCUT2D eigenvalue weighted by Crippen LogP contribution is 2.28. The van der Waals surface area contributed by atoms with E-state index in [0.29, 0.717) is 30.7 Å². The Hall–Kier alpha value is -2.02. The van der Waals surface area contributed by atoms with E-state index in [1.54, 1.807) is 7.11 Å². The van der Waals surface area contributed by atoms with Gasteiger partial charge in [0.2, 0.25) is 11.8 Å². The van der Waals surface area contributed by atoms with Gasteiger partial charge in [0.1, 0.15) is 0 Å². The molecule has 24 heavy (non-hydrogen) atoms. The fourth-order valence-electron chi connectivity index (χ4n) is 2.92. The highest BCUT2D eigenvalue weighted by Gasteiger charge is 2.27. The van der Waals surface area contributed by atoms with Crippen LogP contribution in [0.2, 0.25) is 0 Å². The zero-order valence-electron chi connectivity index (χ0n) is 14.6. The van der Waals surface area contributed by atoms with E-state index in [9.17, 15) is 0 Å². The van der Waals surface area contributed by atoms with E-state index in [2.05, 4.69) is 33.9 Å². The predicted octanol–water partition coefficient (Wildman–Crippen LogP) is 2.56. The molecule has 7 nitrogen and oxygen atoms in total. The van der Waals surface area contributed by atoms with E-state index >= 15 is 0 Å². The number of nitrogens with zero attached hydrogens (tertiary/aromatic N) is 5. The molecule has 0 N–H and O–H groups in total. The maximum Gasteiger partial charge on any atom is 0.231 e. The third-order valence-electron chi connectivity index (χ3n) is 4.32. The molecular formula is C17H25N5O2. The van der Waals surface area contributed by atoms with E-state index in [1.165, 1.54) is 0 Å². The zero-order chi connectivity index (χ0) is 16.9. The van der Waals surface area contributed by atoms with E-state index < -0.39 is 0 Å². The van der Waals surface area contributed by atoms with Gasteiger partial charge >= 0.3 is 0 Å². The van der Waals surface area contributed by atoms with Gasteiger partial charge in [-0.25, -0.2) is 9.97 Å². The van der Waals surface area contributed by atoms with Crippen molar-refractivity contribution in [2.45, 2.75) is 44.9 Å². The molecule has 0 aromatic carbocycles. The summed E-state index contributed by atoms with van der Waals surface area (Å²) in [7, 11) is 1.67. The Balaban J connectivity index is 1.70. The van der Waals surface area contributed by atoms with Crippen LogP contribution < -0.4 is 4.90 Å². The van der Waals surface area contributed by atoms with Crippen molar-refractivity contribution in [2.24, 2.45) is 0 Å².